The minimum atomic E-state index is -0.644. The van der Waals surface area contributed by atoms with Gasteiger partial charge in [0.15, 0.2) is 16.6 Å². The van der Waals surface area contributed by atoms with Gasteiger partial charge in [-0.25, -0.2) is 4.98 Å². The maximum Gasteiger partial charge on any atom is 0.272 e. The van der Waals surface area contributed by atoms with Gasteiger partial charge in [0.2, 0.25) is 5.91 Å². The van der Waals surface area contributed by atoms with E-state index in [0.29, 0.717) is 39.2 Å². The fourth-order valence-electron chi connectivity index (χ4n) is 5.63. The summed E-state index contributed by atoms with van der Waals surface area (Å²) >= 11 is 2.76. The molecule has 0 aliphatic carbocycles. The number of benzene rings is 5. The van der Waals surface area contributed by atoms with Gasteiger partial charge in [-0.15, -0.1) is 23.1 Å². The summed E-state index contributed by atoms with van der Waals surface area (Å²) in [6.07, 6.45) is 1.51. The number of thiazole rings is 1. The van der Waals surface area contributed by atoms with Gasteiger partial charge in [0, 0.05) is 38.2 Å². The number of hydrogen-bond donors (Lipinski definition) is 3. The van der Waals surface area contributed by atoms with E-state index in [1.54, 1.807) is 60.7 Å². The van der Waals surface area contributed by atoms with Gasteiger partial charge in [-0.1, -0.05) is 84.9 Å². The van der Waals surface area contributed by atoms with Crippen molar-refractivity contribution in [2.75, 3.05) is 32.0 Å². The Morgan fingerprint density at radius 3 is 2.04 bits per heavy atom. The summed E-state index contributed by atoms with van der Waals surface area (Å²) in [6, 6.07) is 38.4. The van der Waals surface area contributed by atoms with Gasteiger partial charge in [-0.05, 0) is 55.0 Å². The van der Waals surface area contributed by atoms with Crippen molar-refractivity contribution in [3.8, 4) is 28.5 Å². The van der Waals surface area contributed by atoms with Crippen LogP contribution in [0.5, 0.6) is 17.2 Å². The molecule has 0 saturated heterocycles. The SMILES string of the molecule is COc1cc(OC)c(OC)cc1/C=C(/NC(=O)c1ccccc1)C(=O)Nc1cccc(SC(C(=O)Nc2nc(-c3ccccc3)c(C)s2)c2ccccc2)c1. The van der Waals surface area contributed by atoms with Crippen LogP contribution in [0.4, 0.5) is 10.8 Å². The number of carbonyl (C=O) groups is 3. The predicted molar refractivity (Wildman–Crippen MR) is 219 cm³/mol. The van der Waals surface area contributed by atoms with Crippen LogP contribution >= 0.6 is 23.1 Å². The first kappa shape index (κ1) is 38.4. The Bertz CT molecular complexity index is 2310. The average molecular weight is 771 g/mol. The first-order valence-electron chi connectivity index (χ1n) is 17.1. The number of ether oxygens (including phenoxy) is 3. The summed E-state index contributed by atoms with van der Waals surface area (Å²) < 4.78 is 16.5. The quantitative estimate of drug-likeness (QED) is 0.0740. The van der Waals surface area contributed by atoms with Crippen LogP contribution < -0.4 is 30.2 Å². The van der Waals surface area contributed by atoms with Crippen LogP contribution in [0.25, 0.3) is 17.3 Å². The number of anilines is 2. The second-order valence-corrected chi connectivity index (χ2v) is 14.4. The summed E-state index contributed by atoms with van der Waals surface area (Å²) in [5.41, 5.74) is 3.83. The van der Waals surface area contributed by atoms with Crippen LogP contribution in [0.3, 0.4) is 0 Å². The van der Waals surface area contributed by atoms with Gasteiger partial charge < -0.3 is 30.2 Å². The third-order valence-electron chi connectivity index (χ3n) is 8.32. The summed E-state index contributed by atoms with van der Waals surface area (Å²) in [5, 5.41) is 8.57. The highest BCUT2D eigenvalue weighted by Crippen LogP contribution is 2.39. The van der Waals surface area contributed by atoms with Crippen molar-refractivity contribution in [1.29, 1.82) is 0 Å². The lowest BCUT2D eigenvalue weighted by Gasteiger charge is -2.17. The standard InChI is InChI=1S/C43H38N4O6S2/c1-27-38(28-15-8-5-9-16-28)46-43(54-27)47-42(50)39(29-17-10-6-11-18-29)55-33-22-14-21-32(25-33)44-41(49)34(45-40(48)30-19-12-7-13-20-30)23-31-24-36(52-3)37(53-4)26-35(31)51-2/h5-26,39H,1-4H3,(H,44,49)(H,45,48)(H,46,47,50)/b34-23+. The molecule has 3 amide bonds. The molecule has 0 saturated carbocycles. The van der Waals surface area contributed by atoms with Crippen molar-refractivity contribution in [1.82, 2.24) is 10.3 Å². The average Bonchev–Trinajstić information content (AvgIpc) is 3.59. The predicted octanol–water partition coefficient (Wildman–Crippen LogP) is 9.03. The molecule has 1 atom stereocenters. The number of carbonyl (C=O) groups excluding carboxylic acids is 3. The fourth-order valence-corrected chi connectivity index (χ4v) is 7.55. The maximum atomic E-state index is 14.0. The number of rotatable bonds is 14. The molecular weight excluding hydrogens is 733 g/mol. The van der Waals surface area contributed by atoms with Crippen LogP contribution in [0.1, 0.15) is 31.6 Å². The molecule has 278 valence electrons. The molecular formula is C43H38N4O6S2. The Kier molecular flexibility index (Phi) is 12.6. The van der Waals surface area contributed by atoms with Gasteiger partial charge in [0.05, 0.1) is 27.0 Å². The number of thioether (sulfide) groups is 1. The molecule has 0 aliphatic rings. The molecule has 0 aliphatic heterocycles. The van der Waals surface area contributed by atoms with Crippen molar-refractivity contribution < 1.29 is 28.6 Å². The number of nitrogens with zero attached hydrogens (tertiary/aromatic N) is 1. The fraction of sp³-hybridized carbons (Fsp3) is 0.116. The zero-order chi connectivity index (χ0) is 38.7. The van der Waals surface area contributed by atoms with E-state index in [4.69, 9.17) is 19.2 Å². The number of aromatic nitrogens is 1. The zero-order valence-electron chi connectivity index (χ0n) is 30.5. The number of amides is 3. The molecule has 0 spiro atoms. The largest absolute Gasteiger partial charge is 0.496 e. The molecule has 12 heteroatoms. The topological polar surface area (TPSA) is 128 Å². The van der Waals surface area contributed by atoms with Crippen LogP contribution in [0, 0.1) is 6.92 Å². The van der Waals surface area contributed by atoms with Crippen LogP contribution in [-0.2, 0) is 9.59 Å². The van der Waals surface area contributed by atoms with Crippen LogP contribution in [0.2, 0.25) is 0 Å². The Morgan fingerprint density at radius 2 is 1.36 bits per heavy atom. The Morgan fingerprint density at radius 1 is 0.727 bits per heavy atom. The second-order valence-electron chi connectivity index (χ2n) is 12.0. The van der Waals surface area contributed by atoms with Crippen molar-refractivity contribution in [3.63, 3.8) is 0 Å². The minimum Gasteiger partial charge on any atom is -0.496 e. The second kappa shape index (κ2) is 18.1. The molecule has 0 bridgehead atoms. The Balaban J connectivity index is 1.26. The molecule has 5 aromatic carbocycles. The van der Waals surface area contributed by atoms with E-state index in [0.717, 1.165) is 26.6 Å². The van der Waals surface area contributed by atoms with E-state index < -0.39 is 17.1 Å². The molecule has 3 N–H and O–H groups in total. The van der Waals surface area contributed by atoms with E-state index in [9.17, 15) is 14.4 Å². The number of aryl methyl sites for hydroxylation is 1. The lowest BCUT2D eigenvalue weighted by molar-refractivity contribution is -0.116. The van der Waals surface area contributed by atoms with Crippen LogP contribution in [0.15, 0.2) is 138 Å². The van der Waals surface area contributed by atoms with E-state index in [2.05, 4.69) is 16.0 Å². The van der Waals surface area contributed by atoms with Crippen molar-refractivity contribution >= 4 is 57.7 Å². The highest BCUT2D eigenvalue weighted by molar-refractivity contribution is 8.00. The van der Waals surface area contributed by atoms with Crippen molar-refractivity contribution in [2.24, 2.45) is 0 Å². The Hall–Kier alpha value is -6.37. The maximum absolute atomic E-state index is 14.0. The van der Waals surface area contributed by atoms with E-state index in [1.165, 1.54) is 50.5 Å². The molecule has 0 fully saturated rings. The molecule has 10 nitrogen and oxygen atoms in total. The molecule has 1 aromatic heterocycles. The third kappa shape index (κ3) is 9.60. The molecule has 1 unspecified atom stereocenters. The summed E-state index contributed by atoms with van der Waals surface area (Å²) in [6.45, 7) is 1.98. The minimum absolute atomic E-state index is 0.0485. The summed E-state index contributed by atoms with van der Waals surface area (Å²) in [7, 11) is 4.50. The number of methoxy groups -OCH3 is 3. The monoisotopic (exact) mass is 770 g/mol. The summed E-state index contributed by atoms with van der Waals surface area (Å²) in [4.78, 5) is 47.7. The van der Waals surface area contributed by atoms with Gasteiger partial charge in [0.1, 0.15) is 16.7 Å². The van der Waals surface area contributed by atoms with E-state index >= 15 is 0 Å². The van der Waals surface area contributed by atoms with Gasteiger partial charge >= 0.3 is 0 Å². The lowest BCUT2D eigenvalue weighted by Crippen LogP contribution is -2.30. The van der Waals surface area contributed by atoms with Crippen LogP contribution in [-0.4, -0.2) is 44.0 Å². The highest BCUT2D eigenvalue weighted by Gasteiger charge is 2.25. The first-order valence-corrected chi connectivity index (χ1v) is 18.8. The summed E-state index contributed by atoms with van der Waals surface area (Å²) in [5.74, 6) is -0.0670. The molecule has 6 rings (SSSR count). The van der Waals surface area contributed by atoms with E-state index in [-0.39, 0.29) is 11.6 Å². The smallest absolute Gasteiger partial charge is 0.272 e. The Labute approximate surface area is 327 Å². The zero-order valence-corrected chi connectivity index (χ0v) is 32.1. The molecule has 1 heterocycles. The van der Waals surface area contributed by atoms with Crippen molar-refractivity contribution in [3.05, 3.63) is 155 Å². The van der Waals surface area contributed by atoms with Gasteiger partial charge in [0.25, 0.3) is 11.8 Å². The lowest BCUT2D eigenvalue weighted by atomic mass is 10.1. The number of hydrogen-bond acceptors (Lipinski definition) is 9. The van der Waals surface area contributed by atoms with Crippen molar-refractivity contribution in [2.45, 2.75) is 17.1 Å². The first-order chi connectivity index (χ1) is 26.8. The molecule has 0 radical (unpaired) electrons. The van der Waals surface area contributed by atoms with Gasteiger partial charge in [-0.2, -0.15) is 0 Å². The molecule has 55 heavy (non-hydrogen) atoms. The normalized spacial score (nSPS) is 11.6. The highest BCUT2D eigenvalue weighted by atomic mass is 32.2. The molecule has 6 aromatic rings. The van der Waals surface area contributed by atoms with Gasteiger partial charge in [-0.3, -0.25) is 14.4 Å². The number of nitrogens with one attached hydrogen (secondary N) is 3. The third-order valence-corrected chi connectivity index (χ3v) is 10.5. The van der Waals surface area contributed by atoms with E-state index in [1.807, 2.05) is 73.7 Å².